The van der Waals surface area contributed by atoms with E-state index in [2.05, 4.69) is 15.1 Å². The second kappa shape index (κ2) is 10.6. The van der Waals surface area contributed by atoms with E-state index < -0.39 is 17.3 Å². The number of carbonyl (C=O) groups is 1. The highest BCUT2D eigenvalue weighted by Gasteiger charge is 2.21. The number of fused-ring (bicyclic) bond motifs is 1. The van der Waals surface area contributed by atoms with Crippen LogP contribution in [-0.4, -0.2) is 62.4 Å². The first-order valence-electron chi connectivity index (χ1n) is 12.2. The van der Waals surface area contributed by atoms with Gasteiger partial charge in [-0.15, -0.1) is 0 Å². The van der Waals surface area contributed by atoms with Gasteiger partial charge in [0.2, 0.25) is 5.91 Å². The minimum atomic E-state index is -0.949. The predicted octanol–water partition coefficient (Wildman–Crippen LogP) is 3.37. The number of rotatable bonds is 8. The van der Waals surface area contributed by atoms with Gasteiger partial charge in [-0.05, 0) is 25.0 Å². The van der Waals surface area contributed by atoms with E-state index in [9.17, 15) is 4.79 Å². The summed E-state index contributed by atoms with van der Waals surface area (Å²) in [6.07, 6.45) is 7.13. The van der Waals surface area contributed by atoms with Crippen molar-refractivity contribution in [3.63, 3.8) is 0 Å². The van der Waals surface area contributed by atoms with Crippen molar-refractivity contribution in [2.75, 3.05) is 27.3 Å². The van der Waals surface area contributed by atoms with Crippen molar-refractivity contribution >= 4 is 22.8 Å². The number of aryl methyl sites for hydroxylation is 2. The Labute approximate surface area is 217 Å². The van der Waals surface area contributed by atoms with Crippen LogP contribution in [0.2, 0.25) is 0 Å². The summed E-state index contributed by atoms with van der Waals surface area (Å²) < 4.78 is 43.9. The molecule has 4 aromatic rings. The van der Waals surface area contributed by atoms with Crippen LogP contribution in [-0.2, 0) is 18.4 Å². The maximum absolute atomic E-state index is 15.2. The monoisotopic (exact) mass is 523 g/mol. The molecule has 0 bridgehead atoms. The first kappa shape index (κ1) is 25.3. The molecule has 12 heteroatoms. The van der Waals surface area contributed by atoms with E-state index in [4.69, 9.17) is 14.5 Å². The molecule has 0 saturated carbocycles. The number of amides is 1. The van der Waals surface area contributed by atoms with Gasteiger partial charge < -0.3 is 18.9 Å². The van der Waals surface area contributed by atoms with Gasteiger partial charge in [0.25, 0.3) is 0 Å². The standard InChI is InChI=1S/C26H27F2N7O3/c1-33-15-16(13-30-33)18-14-29-17-7-8-21(32-25-23(27)19(37-2)12-20(38-3)24(25)28)35(26(17)31-18)11-5-10-34-9-4-6-22(34)36/h7-8,12-15H,4-6,9-11H2,1-3H3. The summed E-state index contributed by atoms with van der Waals surface area (Å²) in [4.78, 5) is 27.6. The third kappa shape index (κ3) is 4.81. The van der Waals surface area contributed by atoms with Crippen LogP contribution in [0.4, 0.5) is 14.5 Å². The van der Waals surface area contributed by atoms with Crippen LogP contribution in [0, 0.1) is 11.6 Å². The van der Waals surface area contributed by atoms with Crippen molar-refractivity contribution in [1.29, 1.82) is 0 Å². The molecule has 5 rings (SSSR count). The number of methoxy groups -OCH3 is 2. The smallest absolute Gasteiger partial charge is 0.222 e. The Kier molecular flexibility index (Phi) is 7.03. The first-order chi connectivity index (χ1) is 18.4. The molecule has 0 N–H and O–H groups in total. The lowest BCUT2D eigenvalue weighted by Gasteiger charge is -2.17. The van der Waals surface area contributed by atoms with Gasteiger partial charge in [-0.2, -0.15) is 5.10 Å². The normalized spacial score (nSPS) is 14.1. The van der Waals surface area contributed by atoms with Crippen molar-refractivity contribution < 1.29 is 23.0 Å². The number of hydrogen-bond acceptors (Lipinski definition) is 7. The molecule has 0 aliphatic carbocycles. The van der Waals surface area contributed by atoms with E-state index in [-0.39, 0.29) is 22.9 Å². The molecule has 38 heavy (non-hydrogen) atoms. The van der Waals surface area contributed by atoms with Crippen molar-refractivity contribution in [2.45, 2.75) is 25.8 Å². The Hall–Kier alpha value is -4.35. The number of nitrogens with zero attached hydrogens (tertiary/aromatic N) is 7. The number of pyridine rings is 1. The van der Waals surface area contributed by atoms with Gasteiger partial charge in [0.05, 0.1) is 32.3 Å². The summed E-state index contributed by atoms with van der Waals surface area (Å²) in [5, 5.41) is 4.20. The zero-order chi connectivity index (χ0) is 26.8. The molecule has 198 valence electrons. The van der Waals surface area contributed by atoms with Crippen LogP contribution in [0.25, 0.3) is 22.4 Å². The lowest BCUT2D eigenvalue weighted by molar-refractivity contribution is -0.127. The minimum Gasteiger partial charge on any atom is -0.493 e. The average molecular weight is 524 g/mol. The van der Waals surface area contributed by atoms with Crippen molar-refractivity contribution in [3.8, 4) is 22.8 Å². The van der Waals surface area contributed by atoms with Crippen LogP contribution < -0.4 is 15.0 Å². The van der Waals surface area contributed by atoms with Crippen LogP contribution in [0.1, 0.15) is 19.3 Å². The van der Waals surface area contributed by atoms with Crippen LogP contribution >= 0.6 is 0 Å². The fraction of sp³-hybridized carbons (Fsp3) is 0.346. The largest absolute Gasteiger partial charge is 0.493 e. The Morgan fingerprint density at radius 1 is 1.08 bits per heavy atom. The molecule has 3 aromatic heterocycles. The van der Waals surface area contributed by atoms with E-state index in [1.807, 2.05) is 11.1 Å². The van der Waals surface area contributed by atoms with E-state index in [0.717, 1.165) is 24.6 Å². The Morgan fingerprint density at radius 2 is 1.84 bits per heavy atom. The zero-order valence-corrected chi connectivity index (χ0v) is 21.3. The molecular weight excluding hydrogens is 496 g/mol. The number of aromatic nitrogens is 5. The summed E-state index contributed by atoms with van der Waals surface area (Å²) in [5.41, 5.74) is 2.14. The van der Waals surface area contributed by atoms with E-state index in [1.54, 1.807) is 40.8 Å². The summed E-state index contributed by atoms with van der Waals surface area (Å²) in [6.45, 7) is 1.66. The van der Waals surface area contributed by atoms with Crippen LogP contribution in [0.15, 0.2) is 41.8 Å². The molecule has 1 saturated heterocycles. The summed E-state index contributed by atoms with van der Waals surface area (Å²) in [6, 6.07) is 4.46. The number of benzene rings is 1. The molecule has 4 heterocycles. The highest BCUT2D eigenvalue weighted by atomic mass is 19.1. The summed E-state index contributed by atoms with van der Waals surface area (Å²) in [5.74, 6) is -2.16. The third-order valence-corrected chi connectivity index (χ3v) is 6.46. The fourth-order valence-corrected chi connectivity index (χ4v) is 4.51. The maximum atomic E-state index is 15.2. The molecule has 1 aliphatic rings. The van der Waals surface area contributed by atoms with Crippen LogP contribution in [0.3, 0.4) is 0 Å². The van der Waals surface area contributed by atoms with E-state index in [0.29, 0.717) is 42.8 Å². The fourth-order valence-electron chi connectivity index (χ4n) is 4.51. The second-order valence-electron chi connectivity index (χ2n) is 8.92. The van der Waals surface area contributed by atoms with Crippen molar-refractivity contribution in [3.05, 3.63) is 53.9 Å². The predicted molar refractivity (Wildman–Crippen MR) is 135 cm³/mol. The molecule has 1 fully saturated rings. The lowest BCUT2D eigenvalue weighted by Crippen LogP contribution is -2.28. The Bertz CT molecular complexity index is 1550. The van der Waals surface area contributed by atoms with Gasteiger partial charge in [0, 0.05) is 50.9 Å². The zero-order valence-electron chi connectivity index (χ0n) is 21.3. The summed E-state index contributed by atoms with van der Waals surface area (Å²) >= 11 is 0. The maximum Gasteiger partial charge on any atom is 0.222 e. The highest BCUT2D eigenvalue weighted by Crippen LogP contribution is 2.36. The van der Waals surface area contributed by atoms with Gasteiger partial charge in [-0.25, -0.2) is 18.8 Å². The minimum absolute atomic E-state index is 0.129. The van der Waals surface area contributed by atoms with Crippen molar-refractivity contribution in [1.82, 2.24) is 29.2 Å². The lowest BCUT2D eigenvalue weighted by atomic mass is 10.2. The van der Waals surface area contributed by atoms with Gasteiger partial charge in [-0.3, -0.25) is 14.5 Å². The molecule has 1 amide bonds. The molecule has 0 radical (unpaired) electrons. The molecule has 0 unspecified atom stereocenters. The van der Waals surface area contributed by atoms with E-state index in [1.165, 1.54) is 14.2 Å². The molecule has 0 spiro atoms. The molecule has 10 nitrogen and oxygen atoms in total. The van der Waals surface area contributed by atoms with Gasteiger partial charge >= 0.3 is 0 Å². The number of likely N-dealkylation sites (tertiary alicyclic amines) is 1. The Morgan fingerprint density at radius 3 is 2.47 bits per heavy atom. The number of halogens is 2. The molecule has 1 aromatic carbocycles. The highest BCUT2D eigenvalue weighted by molar-refractivity contribution is 5.78. The number of carbonyl (C=O) groups excluding carboxylic acids is 1. The third-order valence-electron chi connectivity index (χ3n) is 6.46. The number of hydrogen-bond donors (Lipinski definition) is 0. The quantitative estimate of drug-likeness (QED) is 0.351. The summed E-state index contributed by atoms with van der Waals surface area (Å²) in [7, 11) is 4.37. The molecule has 0 atom stereocenters. The Balaban J connectivity index is 1.66. The first-order valence-corrected chi connectivity index (χ1v) is 12.2. The SMILES string of the molecule is COc1cc(OC)c(F)c(N=c2ccc3ncc(-c4cnn(C)c4)nc3n2CCCN2CCCC2=O)c1F. The van der Waals surface area contributed by atoms with Crippen LogP contribution in [0.5, 0.6) is 11.5 Å². The topological polar surface area (TPSA) is 99.7 Å². The molecule has 1 aliphatic heterocycles. The van der Waals surface area contributed by atoms with Gasteiger partial charge in [0.1, 0.15) is 16.7 Å². The van der Waals surface area contributed by atoms with Gasteiger partial charge in [-0.1, -0.05) is 0 Å². The number of ether oxygens (including phenoxy) is 2. The second-order valence-corrected chi connectivity index (χ2v) is 8.92. The van der Waals surface area contributed by atoms with Crippen molar-refractivity contribution in [2.24, 2.45) is 12.0 Å². The van der Waals surface area contributed by atoms with Gasteiger partial charge in [0.15, 0.2) is 28.8 Å². The van der Waals surface area contributed by atoms with E-state index >= 15 is 8.78 Å². The average Bonchev–Trinajstić information content (AvgIpc) is 3.54. The molecular formula is C26H27F2N7O3.